The van der Waals surface area contributed by atoms with Gasteiger partial charge in [0, 0.05) is 22.6 Å². The molecule has 0 radical (unpaired) electrons. The van der Waals surface area contributed by atoms with E-state index in [1.165, 1.54) is 0 Å². The first-order valence-electron chi connectivity index (χ1n) is 4.65. The van der Waals surface area contributed by atoms with Gasteiger partial charge in [0.25, 0.3) is 0 Å². The molecule has 0 heterocycles. The zero-order chi connectivity index (χ0) is 10.9. The number of hydrogen-bond acceptors (Lipinski definition) is 1. The number of benzene rings is 1. The Morgan fingerprint density at radius 3 is 2.67 bits per heavy atom. The Hall–Kier alpha value is -0.760. The van der Waals surface area contributed by atoms with Crippen molar-refractivity contribution in [2.75, 3.05) is 0 Å². The van der Waals surface area contributed by atoms with Crippen molar-refractivity contribution < 1.29 is 5.11 Å². The second-order valence-electron chi connectivity index (χ2n) is 3.45. The van der Waals surface area contributed by atoms with E-state index in [0.717, 1.165) is 5.56 Å². The molecule has 78 valence electrons. The lowest BCUT2D eigenvalue weighted by atomic mass is 9.94. The molecule has 15 heavy (non-hydrogen) atoms. The highest BCUT2D eigenvalue weighted by molar-refractivity contribution is 6.34. The van der Waals surface area contributed by atoms with Crippen LogP contribution in [0.2, 0.25) is 5.02 Å². The van der Waals surface area contributed by atoms with Crippen molar-refractivity contribution in [3.05, 3.63) is 53.1 Å². The summed E-state index contributed by atoms with van der Waals surface area (Å²) in [5, 5.41) is 9.25. The average molecular weight is 241 g/mol. The molecule has 0 aromatic heterocycles. The SMILES string of the molecule is OC1(Cl)CC=CC=C1c1ccccc1Cl. The molecule has 0 bridgehead atoms. The number of rotatable bonds is 1. The number of alkyl halides is 1. The van der Waals surface area contributed by atoms with Gasteiger partial charge in [0.2, 0.25) is 0 Å². The highest BCUT2D eigenvalue weighted by atomic mass is 35.5. The first kappa shape index (κ1) is 10.7. The molecule has 0 spiro atoms. The minimum absolute atomic E-state index is 0.394. The van der Waals surface area contributed by atoms with E-state index in [1.54, 1.807) is 12.1 Å². The van der Waals surface area contributed by atoms with Gasteiger partial charge in [0.15, 0.2) is 5.06 Å². The lowest BCUT2D eigenvalue weighted by Crippen LogP contribution is -2.23. The lowest BCUT2D eigenvalue weighted by molar-refractivity contribution is 0.192. The predicted octanol–water partition coefficient (Wildman–Crippen LogP) is 3.61. The van der Waals surface area contributed by atoms with Gasteiger partial charge < -0.3 is 5.11 Å². The topological polar surface area (TPSA) is 20.2 Å². The van der Waals surface area contributed by atoms with Gasteiger partial charge >= 0.3 is 0 Å². The summed E-state index contributed by atoms with van der Waals surface area (Å²) in [5.74, 6) is 0. The van der Waals surface area contributed by atoms with Crippen molar-refractivity contribution in [3.63, 3.8) is 0 Å². The van der Waals surface area contributed by atoms with Crippen molar-refractivity contribution in [1.82, 2.24) is 0 Å². The maximum Gasteiger partial charge on any atom is 0.168 e. The maximum absolute atomic E-state index is 10.00. The molecule has 0 fully saturated rings. The highest BCUT2D eigenvalue weighted by Crippen LogP contribution is 2.39. The fourth-order valence-corrected chi connectivity index (χ4v) is 2.09. The monoisotopic (exact) mass is 240 g/mol. The smallest absolute Gasteiger partial charge is 0.168 e. The van der Waals surface area contributed by atoms with E-state index in [2.05, 4.69) is 0 Å². The van der Waals surface area contributed by atoms with E-state index in [0.29, 0.717) is 17.0 Å². The molecular formula is C12H10Cl2O. The van der Waals surface area contributed by atoms with Crippen LogP contribution in [0.4, 0.5) is 0 Å². The van der Waals surface area contributed by atoms with Gasteiger partial charge in [0.05, 0.1) is 0 Å². The second kappa shape index (κ2) is 4.01. The second-order valence-corrected chi connectivity index (χ2v) is 4.48. The normalized spacial score (nSPS) is 25.1. The van der Waals surface area contributed by atoms with Crippen LogP contribution in [-0.4, -0.2) is 10.2 Å². The molecule has 0 amide bonds. The van der Waals surface area contributed by atoms with E-state index in [4.69, 9.17) is 23.2 Å². The highest BCUT2D eigenvalue weighted by Gasteiger charge is 2.30. The average Bonchev–Trinajstić information content (AvgIpc) is 2.19. The Kier molecular flexibility index (Phi) is 2.87. The van der Waals surface area contributed by atoms with Gasteiger partial charge in [-0.05, 0) is 6.07 Å². The van der Waals surface area contributed by atoms with E-state index in [-0.39, 0.29) is 0 Å². The third-order valence-corrected chi connectivity index (χ3v) is 3.05. The molecule has 1 atom stereocenters. The van der Waals surface area contributed by atoms with E-state index < -0.39 is 5.06 Å². The van der Waals surface area contributed by atoms with E-state index in [1.807, 2.05) is 30.4 Å². The summed E-state index contributed by atoms with van der Waals surface area (Å²) in [6.45, 7) is 0. The number of halogens is 2. The standard InChI is InChI=1S/C12H10Cl2O/c13-11-7-2-1-5-9(11)10-6-3-4-8-12(10,14)15/h1-7,15H,8H2. The van der Waals surface area contributed by atoms with Crippen molar-refractivity contribution >= 4 is 28.8 Å². The van der Waals surface area contributed by atoms with Gasteiger partial charge in [-0.3, -0.25) is 0 Å². The fraction of sp³-hybridized carbons (Fsp3) is 0.167. The van der Waals surface area contributed by atoms with Crippen LogP contribution in [0.3, 0.4) is 0 Å². The van der Waals surface area contributed by atoms with Crippen LogP contribution in [0.1, 0.15) is 12.0 Å². The molecule has 3 heteroatoms. The zero-order valence-electron chi connectivity index (χ0n) is 7.95. The molecule has 1 aromatic carbocycles. The first-order valence-corrected chi connectivity index (χ1v) is 5.40. The van der Waals surface area contributed by atoms with Crippen LogP contribution >= 0.6 is 23.2 Å². The summed E-state index contributed by atoms with van der Waals surface area (Å²) in [4.78, 5) is 0. The van der Waals surface area contributed by atoms with Crippen LogP contribution in [0.15, 0.2) is 42.5 Å². The molecule has 1 aliphatic carbocycles. The van der Waals surface area contributed by atoms with Crippen molar-refractivity contribution in [2.24, 2.45) is 0 Å². The van der Waals surface area contributed by atoms with Crippen LogP contribution < -0.4 is 0 Å². The summed E-state index contributed by atoms with van der Waals surface area (Å²) >= 11 is 12.1. The molecule has 1 nitrogen and oxygen atoms in total. The van der Waals surface area contributed by atoms with Crippen LogP contribution in [0, 0.1) is 0 Å². The van der Waals surface area contributed by atoms with Gasteiger partial charge in [-0.2, -0.15) is 0 Å². The number of aliphatic hydroxyl groups is 1. The van der Waals surface area contributed by atoms with Crippen LogP contribution in [-0.2, 0) is 0 Å². The Labute approximate surface area is 98.6 Å². The zero-order valence-corrected chi connectivity index (χ0v) is 9.46. The summed E-state index contributed by atoms with van der Waals surface area (Å²) < 4.78 is 0. The lowest BCUT2D eigenvalue weighted by Gasteiger charge is -2.25. The van der Waals surface area contributed by atoms with Gasteiger partial charge in [-0.1, -0.05) is 59.6 Å². The summed E-state index contributed by atoms with van der Waals surface area (Å²) in [6.07, 6.45) is 5.88. The minimum Gasteiger partial charge on any atom is -0.370 e. The Balaban J connectivity index is 2.51. The van der Waals surface area contributed by atoms with Crippen molar-refractivity contribution in [2.45, 2.75) is 11.5 Å². The Morgan fingerprint density at radius 1 is 1.27 bits per heavy atom. The van der Waals surface area contributed by atoms with Gasteiger partial charge in [0.1, 0.15) is 0 Å². The van der Waals surface area contributed by atoms with Gasteiger partial charge in [-0.25, -0.2) is 0 Å². The molecule has 1 N–H and O–H groups in total. The third-order valence-electron chi connectivity index (χ3n) is 2.36. The minimum atomic E-state index is -1.35. The molecule has 0 saturated heterocycles. The maximum atomic E-state index is 10.00. The molecule has 2 rings (SSSR count). The fourth-order valence-electron chi connectivity index (χ4n) is 1.60. The molecule has 0 saturated carbocycles. The van der Waals surface area contributed by atoms with E-state index in [9.17, 15) is 5.11 Å². The van der Waals surface area contributed by atoms with Crippen LogP contribution in [0.25, 0.3) is 5.57 Å². The quantitative estimate of drug-likeness (QED) is 0.744. The largest absolute Gasteiger partial charge is 0.370 e. The summed E-state index contributed by atoms with van der Waals surface area (Å²) in [7, 11) is 0. The number of allylic oxidation sites excluding steroid dienone is 2. The Bertz CT molecular complexity index is 433. The third kappa shape index (κ3) is 2.10. The molecule has 0 aliphatic heterocycles. The summed E-state index contributed by atoms with van der Waals surface area (Å²) in [6, 6.07) is 7.34. The molecule has 1 aliphatic rings. The number of hydrogen-bond donors (Lipinski definition) is 1. The summed E-state index contributed by atoms with van der Waals surface area (Å²) in [5.41, 5.74) is 1.43. The van der Waals surface area contributed by atoms with Crippen molar-refractivity contribution in [1.29, 1.82) is 0 Å². The van der Waals surface area contributed by atoms with E-state index >= 15 is 0 Å². The van der Waals surface area contributed by atoms with Gasteiger partial charge in [-0.15, -0.1) is 0 Å². The molecule has 1 unspecified atom stereocenters. The molecule has 1 aromatic rings. The molecular weight excluding hydrogens is 231 g/mol. The Morgan fingerprint density at radius 2 is 2.00 bits per heavy atom. The predicted molar refractivity (Wildman–Crippen MR) is 64.0 cm³/mol. The van der Waals surface area contributed by atoms with Crippen LogP contribution in [0.5, 0.6) is 0 Å². The van der Waals surface area contributed by atoms with Crippen molar-refractivity contribution in [3.8, 4) is 0 Å². The first-order chi connectivity index (χ1) is 7.11.